The normalized spacial score (nSPS) is 21.5. The molecule has 5 nitrogen and oxygen atoms in total. The van der Waals surface area contributed by atoms with Crippen LogP contribution >= 0.6 is 0 Å². The standard InChI is InChI=1S/C17H25N3O2/c1-12-6-13(2)11-20(10-12)17(22)16(21)19-9-15-5-3-4-14(7-15)8-18/h3-5,7,12-13H,6,8-11,18H2,1-2H3,(H,19,21). The first-order chi connectivity index (χ1) is 10.5. The third-order valence-corrected chi connectivity index (χ3v) is 4.03. The van der Waals surface area contributed by atoms with Crippen LogP contribution in [0.4, 0.5) is 0 Å². The number of hydrogen-bond acceptors (Lipinski definition) is 3. The van der Waals surface area contributed by atoms with Gasteiger partial charge in [-0.3, -0.25) is 9.59 Å². The van der Waals surface area contributed by atoms with Gasteiger partial charge in [-0.2, -0.15) is 0 Å². The van der Waals surface area contributed by atoms with Gasteiger partial charge in [0.05, 0.1) is 0 Å². The van der Waals surface area contributed by atoms with Crippen molar-refractivity contribution in [1.82, 2.24) is 10.2 Å². The maximum Gasteiger partial charge on any atom is 0.311 e. The molecule has 0 aromatic heterocycles. The molecule has 0 bridgehead atoms. The number of nitrogens with one attached hydrogen (secondary N) is 1. The summed E-state index contributed by atoms with van der Waals surface area (Å²) in [6.45, 7) is 6.37. The number of carbonyl (C=O) groups is 2. The highest BCUT2D eigenvalue weighted by Gasteiger charge is 2.28. The number of piperidine rings is 1. The van der Waals surface area contributed by atoms with E-state index in [1.165, 1.54) is 0 Å². The first-order valence-electron chi connectivity index (χ1n) is 7.84. The van der Waals surface area contributed by atoms with Gasteiger partial charge >= 0.3 is 11.8 Å². The Labute approximate surface area is 131 Å². The van der Waals surface area contributed by atoms with Crippen molar-refractivity contribution < 1.29 is 9.59 Å². The molecule has 0 saturated carbocycles. The summed E-state index contributed by atoms with van der Waals surface area (Å²) in [6.07, 6.45) is 1.11. The molecule has 5 heteroatoms. The van der Waals surface area contributed by atoms with Gasteiger partial charge in [0.25, 0.3) is 0 Å². The number of nitrogens with zero attached hydrogens (tertiary/aromatic N) is 1. The van der Waals surface area contributed by atoms with Crippen molar-refractivity contribution in [1.29, 1.82) is 0 Å². The summed E-state index contributed by atoms with van der Waals surface area (Å²) in [5, 5.41) is 2.71. The maximum atomic E-state index is 12.2. The van der Waals surface area contributed by atoms with Gasteiger partial charge in [0, 0.05) is 26.2 Å². The van der Waals surface area contributed by atoms with Crippen LogP contribution in [0.2, 0.25) is 0 Å². The van der Waals surface area contributed by atoms with E-state index in [0.29, 0.717) is 38.0 Å². The molecular weight excluding hydrogens is 278 g/mol. The van der Waals surface area contributed by atoms with Crippen molar-refractivity contribution >= 4 is 11.8 Å². The minimum Gasteiger partial charge on any atom is -0.344 e. The number of hydrogen-bond donors (Lipinski definition) is 2. The lowest BCUT2D eigenvalue weighted by Gasteiger charge is -2.34. The monoisotopic (exact) mass is 303 g/mol. The Bertz CT molecular complexity index is 534. The Kier molecular flexibility index (Phi) is 5.55. The fourth-order valence-corrected chi connectivity index (χ4v) is 3.10. The molecule has 1 aliphatic heterocycles. The molecule has 1 aromatic carbocycles. The van der Waals surface area contributed by atoms with Crippen LogP contribution in [0.15, 0.2) is 24.3 Å². The predicted molar refractivity (Wildman–Crippen MR) is 85.7 cm³/mol. The van der Waals surface area contributed by atoms with Crippen LogP contribution in [0.3, 0.4) is 0 Å². The van der Waals surface area contributed by atoms with Crippen LogP contribution in [0.5, 0.6) is 0 Å². The molecule has 0 spiro atoms. The van der Waals surface area contributed by atoms with Gasteiger partial charge < -0.3 is 16.0 Å². The van der Waals surface area contributed by atoms with Gasteiger partial charge in [0.2, 0.25) is 0 Å². The van der Waals surface area contributed by atoms with Crippen LogP contribution in [0.1, 0.15) is 31.4 Å². The number of benzene rings is 1. The lowest BCUT2D eigenvalue weighted by atomic mass is 9.92. The van der Waals surface area contributed by atoms with Crippen LogP contribution in [0.25, 0.3) is 0 Å². The highest BCUT2D eigenvalue weighted by Crippen LogP contribution is 2.20. The minimum atomic E-state index is -0.528. The molecule has 2 amide bonds. The van der Waals surface area contributed by atoms with Crippen LogP contribution in [0, 0.1) is 11.8 Å². The van der Waals surface area contributed by atoms with E-state index in [0.717, 1.165) is 17.5 Å². The zero-order chi connectivity index (χ0) is 16.1. The van der Waals surface area contributed by atoms with E-state index in [2.05, 4.69) is 19.2 Å². The third-order valence-electron chi connectivity index (χ3n) is 4.03. The maximum absolute atomic E-state index is 12.2. The zero-order valence-corrected chi connectivity index (χ0v) is 13.3. The Balaban J connectivity index is 1.89. The van der Waals surface area contributed by atoms with Crippen molar-refractivity contribution in [2.75, 3.05) is 13.1 Å². The minimum absolute atomic E-state index is 0.345. The fraction of sp³-hybridized carbons (Fsp3) is 0.529. The molecule has 1 aromatic rings. The molecule has 3 N–H and O–H groups in total. The first kappa shape index (κ1) is 16.5. The molecule has 1 heterocycles. The predicted octanol–water partition coefficient (Wildman–Crippen LogP) is 1.27. The summed E-state index contributed by atoms with van der Waals surface area (Å²) in [4.78, 5) is 26.0. The Morgan fingerprint density at radius 1 is 1.23 bits per heavy atom. The van der Waals surface area contributed by atoms with Crippen LogP contribution in [-0.2, 0) is 22.7 Å². The summed E-state index contributed by atoms with van der Waals surface area (Å²) >= 11 is 0. The van der Waals surface area contributed by atoms with E-state index in [9.17, 15) is 9.59 Å². The molecule has 1 saturated heterocycles. The van der Waals surface area contributed by atoms with E-state index in [4.69, 9.17) is 5.73 Å². The number of amides is 2. The summed E-state index contributed by atoms with van der Waals surface area (Å²) in [7, 11) is 0. The van der Waals surface area contributed by atoms with Gasteiger partial charge in [-0.15, -0.1) is 0 Å². The average molecular weight is 303 g/mol. The Hall–Kier alpha value is -1.88. The van der Waals surface area contributed by atoms with Gasteiger partial charge in [0.1, 0.15) is 0 Å². The van der Waals surface area contributed by atoms with E-state index in [1.54, 1.807) is 4.90 Å². The van der Waals surface area contributed by atoms with Gasteiger partial charge in [-0.1, -0.05) is 38.1 Å². The lowest BCUT2D eigenvalue weighted by molar-refractivity contribution is -0.147. The second kappa shape index (κ2) is 7.40. The quantitative estimate of drug-likeness (QED) is 0.826. The van der Waals surface area contributed by atoms with E-state index < -0.39 is 11.8 Å². The first-order valence-corrected chi connectivity index (χ1v) is 7.84. The van der Waals surface area contributed by atoms with Crippen molar-refractivity contribution in [3.05, 3.63) is 35.4 Å². The molecule has 2 unspecified atom stereocenters. The molecule has 2 rings (SSSR count). The topological polar surface area (TPSA) is 75.4 Å². The number of carbonyl (C=O) groups excluding carboxylic acids is 2. The van der Waals surface area contributed by atoms with E-state index >= 15 is 0 Å². The molecule has 120 valence electrons. The van der Waals surface area contributed by atoms with Gasteiger partial charge in [0.15, 0.2) is 0 Å². The summed E-state index contributed by atoms with van der Waals surface area (Å²) in [6, 6.07) is 7.69. The smallest absolute Gasteiger partial charge is 0.311 e. The number of rotatable bonds is 3. The largest absolute Gasteiger partial charge is 0.344 e. The highest BCUT2D eigenvalue weighted by atomic mass is 16.2. The van der Waals surface area contributed by atoms with Crippen molar-refractivity contribution in [2.45, 2.75) is 33.4 Å². The van der Waals surface area contributed by atoms with Crippen LogP contribution in [-0.4, -0.2) is 29.8 Å². The number of likely N-dealkylation sites (tertiary alicyclic amines) is 1. The molecule has 1 aliphatic rings. The molecular formula is C17H25N3O2. The number of nitrogens with two attached hydrogens (primary N) is 1. The third kappa shape index (κ3) is 4.31. The van der Waals surface area contributed by atoms with Crippen molar-refractivity contribution in [2.24, 2.45) is 17.6 Å². The summed E-state index contributed by atoms with van der Waals surface area (Å²) in [5.41, 5.74) is 7.56. The van der Waals surface area contributed by atoms with Crippen molar-refractivity contribution in [3.8, 4) is 0 Å². The van der Waals surface area contributed by atoms with Gasteiger partial charge in [-0.25, -0.2) is 0 Å². The SMILES string of the molecule is CC1CC(C)CN(C(=O)C(=O)NCc2cccc(CN)c2)C1. The second-order valence-electron chi connectivity index (χ2n) is 6.36. The summed E-state index contributed by atoms with van der Waals surface area (Å²) in [5.74, 6) is -0.0590. The Morgan fingerprint density at radius 2 is 1.86 bits per heavy atom. The zero-order valence-electron chi connectivity index (χ0n) is 13.3. The van der Waals surface area contributed by atoms with Gasteiger partial charge in [-0.05, 0) is 29.4 Å². The highest BCUT2D eigenvalue weighted by molar-refractivity contribution is 6.35. The van der Waals surface area contributed by atoms with Crippen molar-refractivity contribution in [3.63, 3.8) is 0 Å². The molecule has 2 atom stereocenters. The second-order valence-corrected chi connectivity index (χ2v) is 6.36. The average Bonchev–Trinajstić information content (AvgIpc) is 2.51. The van der Waals surface area contributed by atoms with E-state index in [-0.39, 0.29) is 0 Å². The van der Waals surface area contributed by atoms with Crippen LogP contribution < -0.4 is 11.1 Å². The fourth-order valence-electron chi connectivity index (χ4n) is 3.10. The molecule has 0 aliphatic carbocycles. The Morgan fingerprint density at radius 3 is 2.50 bits per heavy atom. The lowest BCUT2D eigenvalue weighted by Crippen LogP contribution is -2.48. The molecule has 0 radical (unpaired) electrons. The molecule has 1 fully saturated rings. The summed E-state index contributed by atoms with van der Waals surface area (Å²) < 4.78 is 0. The van der Waals surface area contributed by atoms with E-state index in [1.807, 2.05) is 24.3 Å². The molecule has 22 heavy (non-hydrogen) atoms.